The van der Waals surface area contributed by atoms with Gasteiger partial charge in [-0.25, -0.2) is 0 Å². The van der Waals surface area contributed by atoms with Crippen molar-refractivity contribution in [3.63, 3.8) is 0 Å². The molecule has 6 heteroatoms. The third kappa shape index (κ3) is 6.73. The van der Waals surface area contributed by atoms with Gasteiger partial charge in [0.2, 0.25) is 0 Å². The Balaban J connectivity index is 0.00000182. The molecule has 4 nitrogen and oxygen atoms in total. The van der Waals surface area contributed by atoms with Crippen LogP contribution >= 0.6 is 24.8 Å². The monoisotopic (exact) mass is 409 g/mol. The fourth-order valence-corrected chi connectivity index (χ4v) is 3.43. The van der Waals surface area contributed by atoms with E-state index in [0.29, 0.717) is 17.2 Å². The molecular weight excluding hydrogens is 381 g/mol. The number of carbonyl (C=O) groups excluding carboxylic acids is 1. The SMILES string of the molecule is Cc1ccc(N)cc1C(=O)NCC1CCN(CCc2ccccc2)C1.Cl.Cl. The van der Waals surface area contributed by atoms with Crippen LogP contribution in [0, 0.1) is 12.8 Å². The summed E-state index contributed by atoms with van der Waals surface area (Å²) < 4.78 is 0. The van der Waals surface area contributed by atoms with E-state index in [9.17, 15) is 4.79 Å². The lowest BCUT2D eigenvalue weighted by atomic mass is 10.1. The summed E-state index contributed by atoms with van der Waals surface area (Å²) in [5, 5.41) is 3.08. The van der Waals surface area contributed by atoms with E-state index >= 15 is 0 Å². The van der Waals surface area contributed by atoms with Crippen LogP contribution in [-0.2, 0) is 6.42 Å². The summed E-state index contributed by atoms with van der Waals surface area (Å²) in [6, 6.07) is 16.1. The van der Waals surface area contributed by atoms with Crippen molar-refractivity contribution in [3.8, 4) is 0 Å². The van der Waals surface area contributed by atoms with Crippen LogP contribution in [0.4, 0.5) is 5.69 Å². The molecule has 1 amide bonds. The van der Waals surface area contributed by atoms with Crippen LogP contribution in [0.2, 0.25) is 0 Å². The number of aryl methyl sites for hydroxylation is 1. The summed E-state index contributed by atoms with van der Waals surface area (Å²) in [4.78, 5) is 14.9. The normalized spacial score (nSPS) is 16.3. The number of rotatable bonds is 6. The predicted octanol–water partition coefficient (Wildman–Crippen LogP) is 3.72. The zero-order chi connectivity index (χ0) is 17.6. The van der Waals surface area contributed by atoms with Gasteiger partial charge >= 0.3 is 0 Å². The second-order valence-electron chi connectivity index (χ2n) is 6.98. The number of halogens is 2. The summed E-state index contributed by atoms with van der Waals surface area (Å²) in [5.41, 5.74) is 9.45. The zero-order valence-corrected chi connectivity index (χ0v) is 17.3. The van der Waals surface area contributed by atoms with E-state index in [0.717, 1.165) is 44.6 Å². The van der Waals surface area contributed by atoms with E-state index < -0.39 is 0 Å². The first-order chi connectivity index (χ1) is 12.1. The maximum Gasteiger partial charge on any atom is 0.251 e. The Bertz CT molecular complexity index is 725. The molecule has 2 aromatic carbocycles. The Morgan fingerprint density at radius 1 is 1.19 bits per heavy atom. The van der Waals surface area contributed by atoms with E-state index in [1.165, 1.54) is 5.56 Å². The summed E-state index contributed by atoms with van der Waals surface area (Å²) in [5.74, 6) is 0.508. The second kappa shape index (κ2) is 11.2. The van der Waals surface area contributed by atoms with Crippen LogP contribution in [0.5, 0.6) is 0 Å². The Hall–Kier alpha value is -1.75. The lowest BCUT2D eigenvalue weighted by Gasteiger charge is -2.16. The standard InChI is InChI=1S/C21H27N3O.2ClH/c1-16-7-8-19(22)13-20(16)21(25)23-14-18-10-12-24(15-18)11-9-17-5-3-2-4-6-17;;/h2-8,13,18H,9-12,14-15,22H2,1H3,(H,23,25);2*1H. The Morgan fingerprint density at radius 3 is 2.67 bits per heavy atom. The largest absolute Gasteiger partial charge is 0.399 e. The molecule has 0 aromatic heterocycles. The highest BCUT2D eigenvalue weighted by Crippen LogP contribution is 2.17. The first kappa shape index (κ1) is 23.3. The molecule has 2 aromatic rings. The summed E-state index contributed by atoms with van der Waals surface area (Å²) >= 11 is 0. The molecule has 1 unspecified atom stereocenters. The number of hydrogen-bond acceptors (Lipinski definition) is 3. The summed E-state index contributed by atoms with van der Waals surface area (Å²) in [6.07, 6.45) is 2.23. The molecule has 1 aliphatic heterocycles. The third-order valence-electron chi connectivity index (χ3n) is 4.99. The number of hydrogen-bond donors (Lipinski definition) is 2. The number of carbonyl (C=O) groups is 1. The van der Waals surface area contributed by atoms with Crippen molar-refractivity contribution < 1.29 is 4.79 Å². The molecule has 1 fully saturated rings. The van der Waals surface area contributed by atoms with Gasteiger partial charge in [0.15, 0.2) is 0 Å². The van der Waals surface area contributed by atoms with Crippen LogP contribution in [-0.4, -0.2) is 37.0 Å². The van der Waals surface area contributed by atoms with E-state index in [1.807, 2.05) is 19.1 Å². The Labute approximate surface area is 174 Å². The number of nitrogens with two attached hydrogens (primary N) is 1. The lowest BCUT2D eigenvalue weighted by Crippen LogP contribution is -2.31. The predicted molar refractivity (Wildman–Crippen MR) is 117 cm³/mol. The van der Waals surface area contributed by atoms with Crippen LogP contribution in [0.1, 0.15) is 27.9 Å². The van der Waals surface area contributed by atoms with Gasteiger partial charge in [0.05, 0.1) is 0 Å². The van der Waals surface area contributed by atoms with Crippen LogP contribution in [0.15, 0.2) is 48.5 Å². The molecule has 148 valence electrons. The van der Waals surface area contributed by atoms with Gasteiger partial charge in [-0.1, -0.05) is 36.4 Å². The minimum Gasteiger partial charge on any atom is -0.399 e. The highest BCUT2D eigenvalue weighted by molar-refractivity contribution is 5.96. The van der Waals surface area contributed by atoms with Crippen LogP contribution in [0.25, 0.3) is 0 Å². The van der Waals surface area contributed by atoms with Gasteiger partial charge in [-0.2, -0.15) is 0 Å². The van der Waals surface area contributed by atoms with Gasteiger partial charge in [0, 0.05) is 30.9 Å². The molecule has 0 bridgehead atoms. The van der Waals surface area contributed by atoms with E-state index in [-0.39, 0.29) is 30.7 Å². The van der Waals surface area contributed by atoms with Crippen molar-refractivity contribution >= 4 is 36.4 Å². The van der Waals surface area contributed by atoms with Gasteiger partial charge in [0.1, 0.15) is 0 Å². The second-order valence-corrected chi connectivity index (χ2v) is 6.98. The summed E-state index contributed by atoms with van der Waals surface area (Å²) in [7, 11) is 0. The molecule has 0 aliphatic carbocycles. The van der Waals surface area contributed by atoms with Crippen molar-refractivity contribution in [3.05, 3.63) is 65.2 Å². The molecule has 0 saturated carbocycles. The highest BCUT2D eigenvalue weighted by Gasteiger charge is 2.22. The van der Waals surface area contributed by atoms with Crippen molar-refractivity contribution in [2.24, 2.45) is 5.92 Å². The molecule has 27 heavy (non-hydrogen) atoms. The highest BCUT2D eigenvalue weighted by atomic mass is 35.5. The van der Waals surface area contributed by atoms with Gasteiger partial charge in [-0.05, 0) is 55.5 Å². The summed E-state index contributed by atoms with van der Waals surface area (Å²) in [6.45, 7) is 5.93. The first-order valence-corrected chi connectivity index (χ1v) is 9.02. The minimum atomic E-state index is -0.0208. The fourth-order valence-electron chi connectivity index (χ4n) is 3.43. The van der Waals surface area contributed by atoms with Crippen molar-refractivity contribution in [2.75, 3.05) is 31.9 Å². The molecule has 1 heterocycles. The topological polar surface area (TPSA) is 58.4 Å². The first-order valence-electron chi connectivity index (χ1n) is 9.02. The van der Waals surface area contributed by atoms with E-state index in [1.54, 1.807) is 6.07 Å². The number of amides is 1. The number of nitrogen functional groups attached to an aromatic ring is 1. The molecule has 1 atom stereocenters. The minimum absolute atomic E-state index is 0. The smallest absolute Gasteiger partial charge is 0.251 e. The van der Waals surface area contributed by atoms with Crippen molar-refractivity contribution in [2.45, 2.75) is 19.8 Å². The Morgan fingerprint density at radius 2 is 1.93 bits per heavy atom. The number of benzene rings is 2. The van der Waals surface area contributed by atoms with E-state index in [2.05, 4.69) is 40.5 Å². The van der Waals surface area contributed by atoms with Gasteiger partial charge in [-0.3, -0.25) is 4.79 Å². The molecular formula is C21H29Cl2N3O. The quantitative estimate of drug-likeness (QED) is 0.714. The van der Waals surface area contributed by atoms with Crippen LogP contribution < -0.4 is 11.1 Å². The van der Waals surface area contributed by atoms with Gasteiger partial charge in [0.25, 0.3) is 5.91 Å². The third-order valence-corrected chi connectivity index (χ3v) is 4.99. The Kier molecular flexibility index (Phi) is 9.64. The average Bonchev–Trinajstić information content (AvgIpc) is 3.09. The zero-order valence-electron chi connectivity index (χ0n) is 15.7. The van der Waals surface area contributed by atoms with Crippen molar-refractivity contribution in [1.82, 2.24) is 10.2 Å². The number of nitrogens with one attached hydrogen (secondary N) is 1. The number of anilines is 1. The maximum absolute atomic E-state index is 12.4. The molecule has 1 aliphatic rings. The number of likely N-dealkylation sites (tertiary alicyclic amines) is 1. The van der Waals surface area contributed by atoms with Gasteiger partial charge in [-0.15, -0.1) is 24.8 Å². The maximum atomic E-state index is 12.4. The fraction of sp³-hybridized carbons (Fsp3) is 0.381. The molecule has 0 spiro atoms. The van der Waals surface area contributed by atoms with Gasteiger partial charge < -0.3 is 16.0 Å². The van der Waals surface area contributed by atoms with E-state index in [4.69, 9.17) is 5.73 Å². The van der Waals surface area contributed by atoms with Crippen LogP contribution in [0.3, 0.4) is 0 Å². The number of nitrogens with zero attached hydrogens (tertiary/aromatic N) is 1. The molecule has 1 saturated heterocycles. The average molecular weight is 410 g/mol. The van der Waals surface area contributed by atoms with Crippen molar-refractivity contribution in [1.29, 1.82) is 0 Å². The lowest BCUT2D eigenvalue weighted by molar-refractivity contribution is 0.0947. The molecule has 3 N–H and O–H groups in total. The molecule has 0 radical (unpaired) electrons. The molecule has 3 rings (SSSR count).